The van der Waals surface area contributed by atoms with Crippen LogP contribution in [-0.4, -0.2) is 60.9 Å². The van der Waals surface area contributed by atoms with Crippen LogP contribution < -0.4 is 0 Å². The molecule has 0 N–H and O–H groups in total. The fourth-order valence-electron chi connectivity index (χ4n) is 1.88. The lowest BCUT2D eigenvalue weighted by molar-refractivity contribution is -0.147. The second kappa shape index (κ2) is 7.04. The molecule has 1 heterocycles. The van der Waals surface area contributed by atoms with E-state index in [9.17, 15) is 9.59 Å². The van der Waals surface area contributed by atoms with Gasteiger partial charge in [0.25, 0.3) is 0 Å². The summed E-state index contributed by atoms with van der Waals surface area (Å²) in [5, 5.41) is 0. The number of rotatable bonds is 4. The Morgan fingerprint density at radius 1 is 1.30 bits per heavy atom. The van der Waals surface area contributed by atoms with Crippen molar-refractivity contribution >= 4 is 11.9 Å². The summed E-state index contributed by atoms with van der Waals surface area (Å²) in [5.41, 5.74) is -0.559. The highest BCUT2D eigenvalue weighted by Crippen LogP contribution is 2.17. The zero-order chi connectivity index (χ0) is 15.3. The van der Waals surface area contributed by atoms with Gasteiger partial charge in [-0.05, 0) is 34.6 Å². The maximum absolute atomic E-state index is 12.1. The van der Waals surface area contributed by atoms with Gasteiger partial charge >= 0.3 is 6.09 Å². The molecule has 0 aromatic heterocycles. The molecule has 0 unspecified atom stereocenters. The number of amides is 1. The molecule has 0 radical (unpaired) electrons. The fourth-order valence-corrected chi connectivity index (χ4v) is 1.88. The predicted octanol–water partition coefficient (Wildman–Crippen LogP) is 1.62. The van der Waals surface area contributed by atoms with Crippen molar-refractivity contribution in [2.45, 2.75) is 52.4 Å². The van der Waals surface area contributed by atoms with Crippen LogP contribution in [-0.2, 0) is 19.0 Å². The first-order chi connectivity index (χ1) is 9.23. The Labute approximate surface area is 120 Å². The van der Waals surface area contributed by atoms with E-state index < -0.39 is 17.8 Å². The van der Waals surface area contributed by atoms with E-state index in [1.165, 1.54) is 11.8 Å². The van der Waals surface area contributed by atoms with Crippen molar-refractivity contribution < 1.29 is 23.8 Å². The fraction of sp³-hybridized carbons (Fsp3) is 0.857. The van der Waals surface area contributed by atoms with Crippen LogP contribution in [0.2, 0.25) is 0 Å². The lowest BCUT2D eigenvalue weighted by Gasteiger charge is -2.37. The lowest BCUT2D eigenvalue weighted by Crippen LogP contribution is -2.54. The van der Waals surface area contributed by atoms with E-state index >= 15 is 0 Å². The molecular weight excluding hydrogens is 262 g/mol. The van der Waals surface area contributed by atoms with E-state index in [0.717, 1.165) is 0 Å². The van der Waals surface area contributed by atoms with Gasteiger partial charge in [0.05, 0.1) is 25.8 Å². The Hall–Kier alpha value is -1.14. The minimum absolute atomic E-state index is 0.0974. The smallest absolute Gasteiger partial charge is 0.410 e. The Bertz CT molecular complexity index is 350. The number of morpholine rings is 1. The third kappa shape index (κ3) is 5.46. The molecule has 6 nitrogen and oxygen atoms in total. The van der Waals surface area contributed by atoms with Crippen molar-refractivity contribution in [2.24, 2.45) is 0 Å². The summed E-state index contributed by atoms with van der Waals surface area (Å²) in [4.78, 5) is 25.1. The SMILES string of the molecule is CCOC[C@@H]1CN(C(=O)OC(C)(C)C)C[C@H](C(C)=O)O1. The number of hydrogen-bond donors (Lipinski definition) is 0. The van der Waals surface area contributed by atoms with Gasteiger partial charge in [-0.2, -0.15) is 0 Å². The second-order valence-electron chi connectivity index (χ2n) is 5.90. The zero-order valence-corrected chi connectivity index (χ0v) is 13.0. The molecule has 0 aromatic rings. The number of hydrogen-bond acceptors (Lipinski definition) is 5. The third-order valence-corrected chi connectivity index (χ3v) is 2.78. The molecule has 0 bridgehead atoms. The molecule has 2 atom stereocenters. The van der Waals surface area contributed by atoms with E-state index in [-0.39, 0.29) is 18.4 Å². The standard InChI is InChI=1S/C14H25NO5/c1-6-18-9-11-7-15(8-12(19-11)10(2)16)13(17)20-14(3,4)5/h11-12H,6-9H2,1-5H3/t11-,12+/m0/s1. The summed E-state index contributed by atoms with van der Waals surface area (Å²) in [5.74, 6) is -0.0974. The molecule has 1 aliphatic rings. The molecule has 1 aliphatic heterocycles. The highest BCUT2D eigenvalue weighted by atomic mass is 16.6. The van der Waals surface area contributed by atoms with Crippen molar-refractivity contribution in [1.82, 2.24) is 4.90 Å². The van der Waals surface area contributed by atoms with Crippen LogP contribution in [0, 0.1) is 0 Å². The summed E-state index contributed by atoms with van der Waals surface area (Å²) >= 11 is 0. The summed E-state index contributed by atoms with van der Waals surface area (Å²) < 4.78 is 16.3. The van der Waals surface area contributed by atoms with Crippen molar-refractivity contribution in [1.29, 1.82) is 0 Å². The Morgan fingerprint density at radius 3 is 2.45 bits per heavy atom. The number of ether oxygens (including phenoxy) is 3. The van der Waals surface area contributed by atoms with Gasteiger partial charge in [0.2, 0.25) is 0 Å². The first kappa shape index (κ1) is 16.9. The highest BCUT2D eigenvalue weighted by molar-refractivity contribution is 5.81. The molecule has 1 amide bonds. The van der Waals surface area contributed by atoms with Gasteiger partial charge in [0, 0.05) is 6.61 Å². The summed E-state index contributed by atoms with van der Waals surface area (Å²) in [7, 11) is 0. The summed E-state index contributed by atoms with van der Waals surface area (Å²) in [6, 6.07) is 0. The van der Waals surface area contributed by atoms with Gasteiger partial charge in [-0.15, -0.1) is 0 Å². The molecule has 6 heteroatoms. The largest absolute Gasteiger partial charge is 0.444 e. The van der Waals surface area contributed by atoms with Gasteiger partial charge in [0.15, 0.2) is 5.78 Å². The normalized spacial score (nSPS) is 23.6. The van der Waals surface area contributed by atoms with Gasteiger partial charge in [-0.1, -0.05) is 0 Å². The molecule has 1 saturated heterocycles. The molecule has 0 saturated carbocycles. The van der Waals surface area contributed by atoms with Crippen molar-refractivity contribution in [3.05, 3.63) is 0 Å². The van der Waals surface area contributed by atoms with Crippen LogP contribution in [0.1, 0.15) is 34.6 Å². The van der Waals surface area contributed by atoms with Crippen molar-refractivity contribution in [3.8, 4) is 0 Å². The minimum Gasteiger partial charge on any atom is -0.444 e. The molecule has 0 aromatic carbocycles. The zero-order valence-electron chi connectivity index (χ0n) is 13.0. The number of nitrogens with zero attached hydrogens (tertiary/aromatic N) is 1. The molecule has 0 spiro atoms. The first-order valence-corrected chi connectivity index (χ1v) is 6.94. The third-order valence-electron chi connectivity index (χ3n) is 2.78. The maximum atomic E-state index is 12.1. The van der Waals surface area contributed by atoms with E-state index in [0.29, 0.717) is 19.8 Å². The first-order valence-electron chi connectivity index (χ1n) is 6.94. The van der Waals surface area contributed by atoms with Gasteiger partial charge in [0.1, 0.15) is 11.7 Å². The van der Waals surface area contributed by atoms with E-state index in [4.69, 9.17) is 14.2 Å². The monoisotopic (exact) mass is 287 g/mol. The average molecular weight is 287 g/mol. The summed E-state index contributed by atoms with van der Waals surface area (Å²) in [6.07, 6.45) is -1.33. The number of carbonyl (C=O) groups excluding carboxylic acids is 2. The van der Waals surface area contributed by atoms with Gasteiger partial charge < -0.3 is 19.1 Å². The van der Waals surface area contributed by atoms with Crippen LogP contribution >= 0.6 is 0 Å². The van der Waals surface area contributed by atoms with E-state index in [1.807, 2.05) is 27.7 Å². The summed E-state index contributed by atoms with van der Waals surface area (Å²) in [6.45, 7) is 10.3. The van der Waals surface area contributed by atoms with Crippen LogP contribution in [0.3, 0.4) is 0 Å². The molecular formula is C14H25NO5. The number of carbonyl (C=O) groups is 2. The molecule has 1 rings (SSSR count). The van der Waals surface area contributed by atoms with E-state index in [2.05, 4.69) is 0 Å². The minimum atomic E-state index is -0.610. The van der Waals surface area contributed by atoms with Crippen LogP contribution in [0.4, 0.5) is 4.79 Å². The van der Waals surface area contributed by atoms with Crippen molar-refractivity contribution in [2.75, 3.05) is 26.3 Å². The Kier molecular flexibility index (Phi) is 5.95. The predicted molar refractivity (Wildman–Crippen MR) is 73.6 cm³/mol. The topological polar surface area (TPSA) is 65.1 Å². The number of Topliss-reactive ketones (excluding diaryl/α,β-unsaturated/α-hetero) is 1. The van der Waals surface area contributed by atoms with Gasteiger partial charge in [-0.3, -0.25) is 4.79 Å². The van der Waals surface area contributed by atoms with Crippen LogP contribution in [0.15, 0.2) is 0 Å². The molecule has 0 aliphatic carbocycles. The van der Waals surface area contributed by atoms with E-state index in [1.54, 1.807) is 0 Å². The Morgan fingerprint density at radius 2 is 1.95 bits per heavy atom. The lowest BCUT2D eigenvalue weighted by atomic mass is 10.1. The second-order valence-corrected chi connectivity index (χ2v) is 5.90. The van der Waals surface area contributed by atoms with Gasteiger partial charge in [-0.25, -0.2) is 4.79 Å². The number of ketones is 1. The van der Waals surface area contributed by atoms with Crippen molar-refractivity contribution in [3.63, 3.8) is 0 Å². The molecule has 20 heavy (non-hydrogen) atoms. The Balaban J connectivity index is 2.68. The molecule has 1 fully saturated rings. The maximum Gasteiger partial charge on any atom is 0.410 e. The van der Waals surface area contributed by atoms with Crippen LogP contribution in [0.5, 0.6) is 0 Å². The van der Waals surface area contributed by atoms with Crippen LogP contribution in [0.25, 0.3) is 0 Å². The quantitative estimate of drug-likeness (QED) is 0.786. The molecule has 116 valence electrons. The average Bonchev–Trinajstić information content (AvgIpc) is 2.33. The highest BCUT2D eigenvalue weighted by Gasteiger charge is 2.34.